The topological polar surface area (TPSA) is 36.4 Å². The van der Waals surface area contributed by atoms with Gasteiger partial charge in [0.2, 0.25) is 0 Å². The van der Waals surface area contributed by atoms with Crippen LogP contribution in [0.3, 0.4) is 0 Å². The maximum absolute atomic E-state index is 9.91. The first-order valence-corrected chi connectivity index (χ1v) is 7.61. The summed E-state index contributed by atoms with van der Waals surface area (Å²) in [5.41, 5.74) is 1.62. The maximum atomic E-state index is 9.91. The summed E-state index contributed by atoms with van der Waals surface area (Å²) in [5, 5.41) is 11.4. The van der Waals surface area contributed by atoms with Crippen molar-refractivity contribution in [2.45, 2.75) is 25.7 Å². The zero-order chi connectivity index (χ0) is 13.9. The Kier molecular flexibility index (Phi) is 4.08. The molecule has 0 aliphatic carbocycles. The molecule has 1 aliphatic heterocycles. The van der Waals surface area contributed by atoms with Crippen molar-refractivity contribution in [3.8, 4) is 5.75 Å². The van der Waals surface area contributed by atoms with Crippen LogP contribution >= 0.6 is 11.6 Å². The van der Waals surface area contributed by atoms with Gasteiger partial charge in [0.1, 0.15) is 11.3 Å². The first-order chi connectivity index (χ1) is 9.74. The summed E-state index contributed by atoms with van der Waals surface area (Å²) in [7, 11) is 0. The SMILES string of the molecule is Oc1ccc(Cl)c2ccc(CCN3CCCCC3)nc12. The number of benzene rings is 1. The molecule has 0 saturated carbocycles. The van der Waals surface area contributed by atoms with E-state index >= 15 is 0 Å². The molecule has 0 bridgehead atoms. The molecule has 1 aliphatic rings. The summed E-state index contributed by atoms with van der Waals surface area (Å²) in [6, 6.07) is 7.27. The number of likely N-dealkylation sites (tertiary alicyclic amines) is 1. The molecule has 106 valence electrons. The van der Waals surface area contributed by atoms with Gasteiger partial charge < -0.3 is 10.0 Å². The Hall–Kier alpha value is -1.32. The van der Waals surface area contributed by atoms with E-state index in [1.807, 2.05) is 12.1 Å². The molecule has 2 aromatic rings. The molecule has 1 aromatic carbocycles. The molecule has 2 heterocycles. The number of aromatic hydroxyl groups is 1. The van der Waals surface area contributed by atoms with Gasteiger partial charge in [-0.05, 0) is 50.2 Å². The summed E-state index contributed by atoms with van der Waals surface area (Å²) in [4.78, 5) is 7.05. The molecular formula is C16H19ClN2O. The predicted molar refractivity (Wildman–Crippen MR) is 82.4 cm³/mol. The van der Waals surface area contributed by atoms with Gasteiger partial charge in [0, 0.05) is 24.0 Å². The molecule has 1 aromatic heterocycles. The average Bonchev–Trinajstić information content (AvgIpc) is 2.50. The minimum atomic E-state index is 0.198. The Morgan fingerprint density at radius 2 is 1.90 bits per heavy atom. The molecule has 0 amide bonds. The molecule has 1 N–H and O–H groups in total. The number of fused-ring (bicyclic) bond motifs is 1. The van der Waals surface area contributed by atoms with Crippen molar-refractivity contribution in [3.05, 3.63) is 35.0 Å². The highest BCUT2D eigenvalue weighted by atomic mass is 35.5. The van der Waals surface area contributed by atoms with Crippen molar-refractivity contribution in [2.24, 2.45) is 0 Å². The van der Waals surface area contributed by atoms with E-state index in [2.05, 4.69) is 9.88 Å². The number of phenols is 1. The first-order valence-electron chi connectivity index (χ1n) is 7.23. The Bertz CT molecular complexity index is 609. The molecule has 1 saturated heterocycles. The van der Waals surface area contributed by atoms with E-state index in [9.17, 15) is 5.11 Å². The summed E-state index contributed by atoms with van der Waals surface area (Å²) >= 11 is 6.12. The zero-order valence-electron chi connectivity index (χ0n) is 11.5. The molecule has 1 fully saturated rings. The molecule has 4 heteroatoms. The predicted octanol–water partition coefficient (Wildman–Crippen LogP) is 3.62. The van der Waals surface area contributed by atoms with Gasteiger partial charge in [-0.15, -0.1) is 0 Å². The standard InChI is InChI=1S/C16H19ClN2O/c17-14-6-7-15(20)16-13(14)5-4-12(18-16)8-11-19-9-2-1-3-10-19/h4-7,20H,1-3,8-11H2. The lowest BCUT2D eigenvalue weighted by Gasteiger charge is -2.26. The van der Waals surface area contributed by atoms with Gasteiger partial charge in [-0.2, -0.15) is 0 Å². The third-order valence-corrected chi connectivity index (χ3v) is 4.30. The first kappa shape index (κ1) is 13.7. The van der Waals surface area contributed by atoms with Crippen LogP contribution in [0.1, 0.15) is 25.0 Å². The molecule has 0 unspecified atom stereocenters. The Balaban J connectivity index is 1.77. The van der Waals surface area contributed by atoms with Crippen molar-refractivity contribution in [1.29, 1.82) is 0 Å². The number of hydrogen-bond donors (Lipinski definition) is 1. The summed E-state index contributed by atoms with van der Waals surface area (Å²) in [5.74, 6) is 0.198. The molecule has 0 spiro atoms. The Morgan fingerprint density at radius 1 is 1.10 bits per heavy atom. The van der Waals surface area contributed by atoms with Crippen LogP contribution < -0.4 is 0 Å². The number of piperidine rings is 1. The normalized spacial score (nSPS) is 16.6. The fraction of sp³-hybridized carbons (Fsp3) is 0.438. The molecule has 3 nitrogen and oxygen atoms in total. The number of halogens is 1. The average molecular weight is 291 g/mol. The van der Waals surface area contributed by atoms with E-state index in [0.29, 0.717) is 10.5 Å². The number of nitrogens with zero attached hydrogens (tertiary/aromatic N) is 2. The minimum absolute atomic E-state index is 0.198. The molecular weight excluding hydrogens is 272 g/mol. The number of pyridine rings is 1. The Labute approximate surface area is 124 Å². The smallest absolute Gasteiger partial charge is 0.141 e. The van der Waals surface area contributed by atoms with E-state index < -0.39 is 0 Å². The van der Waals surface area contributed by atoms with Crippen molar-refractivity contribution >= 4 is 22.5 Å². The van der Waals surface area contributed by atoms with Crippen LogP contribution in [0, 0.1) is 0 Å². The van der Waals surface area contributed by atoms with Gasteiger partial charge in [-0.3, -0.25) is 0 Å². The second-order valence-corrected chi connectivity index (χ2v) is 5.82. The van der Waals surface area contributed by atoms with Gasteiger partial charge in [0.15, 0.2) is 0 Å². The highest BCUT2D eigenvalue weighted by Gasteiger charge is 2.11. The van der Waals surface area contributed by atoms with Crippen LogP contribution in [0.5, 0.6) is 5.75 Å². The third kappa shape index (κ3) is 2.89. The van der Waals surface area contributed by atoms with Crippen molar-refractivity contribution < 1.29 is 5.11 Å². The lowest BCUT2D eigenvalue weighted by Crippen LogP contribution is -2.31. The lowest BCUT2D eigenvalue weighted by molar-refractivity contribution is 0.231. The molecule has 3 rings (SSSR count). The van der Waals surface area contributed by atoms with E-state index in [1.54, 1.807) is 12.1 Å². The molecule has 0 atom stereocenters. The minimum Gasteiger partial charge on any atom is -0.506 e. The van der Waals surface area contributed by atoms with Crippen molar-refractivity contribution in [1.82, 2.24) is 9.88 Å². The van der Waals surface area contributed by atoms with Crippen LogP contribution in [0.15, 0.2) is 24.3 Å². The monoisotopic (exact) mass is 290 g/mol. The summed E-state index contributed by atoms with van der Waals surface area (Å²) < 4.78 is 0. The number of aromatic nitrogens is 1. The third-order valence-electron chi connectivity index (χ3n) is 3.97. The van der Waals surface area contributed by atoms with Crippen LogP contribution in [0.2, 0.25) is 5.02 Å². The quantitative estimate of drug-likeness (QED) is 0.938. The maximum Gasteiger partial charge on any atom is 0.141 e. The van der Waals surface area contributed by atoms with E-state index in [1.165, 1.54) is 32.4 Å². The van der Waals surface area contributed by atoms with Gasteiger partial charge in [0.25, 0.3) is 0 Å². The second-order valence-electron chi connectivity index (χ2n) is 5.42. The largest absolute Gasteiger partial charge is 0.506 e. The highest BCUT2D eigenvalue weighted by molar-refractivity contribution is 6.35. The molecule has 20 heavy (non-hydrogen) atoms. The fourth-order valence-electron chi connectivity index (χ4n) is 2.80. The number of phenolic OH excluding ortho intramolecular Hbond substituents is 1. The van der Waals surface area contributed by atoms with Gasteiger partial charge in [-0.1, -0.05) is 18.0 Å². The molecule has 0 radical (unpaired) electrons. The van der Waals surface area contributed by atoms with Crippen molar-refractivity contribution in [3.63, 3.8) is 0 Å². The summed E-state index contributed by atoms with van der Waals surface area (Å²) in [6.45, 7) is 3.44. The van der Waals surface area contributed by atoms with Crippen LogP contribution in [0.25, 0.3) is 10.9 Å². The van der Waals surface area contributed by atoms with Gasteiger partial charge >= 0.3 is 0 Å². The highest BCUT2D eigenvalue weighted by Crippen LogP contribution is 2.29. The number of rotatable bonds is 3. The number of hydrogen-bond acceptors (Lipinski definition) is 3. The second kappa shape index (κ2) is 5.98. The van der Waals surface area contributed by atoms with E-state index in [4.69, 9.17) is 11.6 Å². The van der Waals surface area contributed by atoms with Gasteiger partial charge in [-0.25, -0.2) is 4.98 Å². The van der Waals surface area contributed by atoms with Crippen molar-refractivity contribution in [2.75, 3.05) is 19.6 Å². The summed E-state index contributed by atoms with van der Waals surface area (Å²) in [6.07, 6.45) is 4.89. The van der Waals surface area contributed by atoms with Crippen LogP contribution in [0.4, 0.5) is 0 Å². The van der Waals surface area contributed by atoms with Crippen LogP contribution in [-0.2, 0) is 6.42 Å². The van der Waals surface area contributed by atoms with Crippen LogP contribution in [-0.4, -0.2) is 34.6 Å². The lowest BCUT2D eigenvalue weighted by atomic mass is 10.1. The van der Waals surface area contributed by atoms with Gasteiger partial charge in [0.05, 0.1) is 5.02 Å². The van der Waals surface area contributed by atoms with E-state index in [0.717, 1.165) is 24.0 Å². The fourth-order valence-corrected chi connectivity index (χ4v) is 3.02. The Morgan fingerprint density at radius 3 is 2.70 bits per heavy atom. The van der Waals surface area contributed by atoms with E-state index in [-0.39, 0.29) is 5.75 Å². The zero-order valence-corrected chi connectivity index (χ0v) is 12.2.